The minimum atomic E-state index is -3.62. The van der Waals surface area contributed by atoms with E-state index in [2.05, 4.69) is 10.6 Å². The SMILES string of the molecule is C#CCCNS(=O)(=O)c1ccc(C#N)c(Cl)c1. The largest absolute Gasteiger partial charge is 0.240 e. The smallest absolute Gasteiger partial charge is 0.210 e. The summed E-state index contributed by atoms with van der Waals surface area (Å²) in [5.74, 6) is 2.33. The second-order valence-electron chi connectivity index (χ2n) is 3.11. The van der Waals surface area contributed by atoms with Gasteiger partial charge in [-0.3, -0.25) is 0 Å². The van der Waals surface area contributed by atoms with Gasteiger partial charge in [0.25, 0.3) is 0 Å². The highest BCUT2D eigenvalue weighted by molar-refractivity contribution is 7.89. The zero-order valence-corrected chi connectivity index (χ0v) is 10.3. The van der Waals surface area contributed by atoms with E-state index in [1.54, 1.807) is 0 Å². The first-order chi connectivity index (χ1) is 8.01. The van der Waals surface area contributed by atoms with Crippen LogP contribution in [0.4, 0.5) is 0 Å². The van der Waals surface area contributed by atoms with Crippen molar-refractivity contribution in [2.75, 3.05) is 6.54 Å². The van der Waals surface area contributed by atoms with Crippen LogP contribution in [0.15, 0.2) is 23.1 Å². The molecule has 0 unspecified atom stereocenters. The zero-order valence-electron chi connectivity index (χ0n) is 8.77. The molecular formula is C11H9ClN2O2S. The normalized spacial score (nSPS) is 10.5. The van der Waals surface area contributed by atoms with Gasteiger partial charge in [0.1, 0.15) is 6.07 Å². The highest BCUT2D eigenvalue weighted by Gasteiger charge is 2.14. The second kappa shape index (κ2) is 5.70. The highest BCUT2D eigenvalue weighted by atomic mass is 35.5. The maximum Gasteiger partial charge on any atom is 0.240 e. The minimum Gasteiger partial charge on any atom is -0.210 e. The van der Waals surface area contributed by atoms with Gasteiger partial charge in [0, 0.05) is 13.0 Å². The quantitative estimate of drug-likeness (QED) is 0.665. The molecule has 1 aromatic rings. The Balaban J connectivity index is 2.98. The van der Waals surface area contributed by atoms with Crippen LogP contribution in [0.1, 0.15) is 12.0 Å². The summed E-state index contributed by atoms with van der Waals surface area (Å²) in [7, 11) is -3.62. The Labute approximate surface area is 105 Å². The molecule has 0 aromatic heterocycles. The van der Waals surface area contributed by atoms with Crippen LogP contribution in [0, 0.1) is 23.7 Å². The molecule has 0 aliphatic carbocycles. The van der Waals surface area contributed by atoms with Gasteiger partial charge in [-0.2, -0.15) is 5.26 Å². The first kappa shape index (κ1) is 13.5. The molecule has 1 rings (SSSR count). The van der Waals surface area contributed by atoms with Gasteiger partial charge in [0.2, 0.25) is 10.0 Å². The van der Waals surface area contributed by atoms with Gasteiger partial charge in [-0.05, 0) is 18.2 Å². The molecule has 0 saturated carbocycles. The number of hydrogen-bond acceptors (Lipinski definition) is 3. The van der Waals surface area contributed by atoms with Crippen LogP contribution in [0.25, 0.3) is 0 Å². The number of nitrogens with zero attached hydrogens (tertiary/aromatic N) is 1. The van der Waals surface area contributed by atoms with E-state index in [1.807, 2.05) is 6.07 Å². The van der Waals surface area contributed by atoms with Crippen molar-refractivity contribution in [3.05, 3.63) is 28.8 Å². The number of rotatable bonds is 4. The lowest BCUT2D eigenvalue weighted by Crippen LogP contribution is -2.24. The van der Waals surface area contributed by atoms with Crippen LogP contribution in [-0.4, -0.2) is 15.0 Å². The van der Waals surface area contributed by atoms with Gasteiger partial charge < -0.3 is 0 Å². The first-order valence-corrected chi connectivity index (χ1v) is 6.50. The highest BCUT2D eigenvalue weighted by Crippen LogP contribution is 2.19. The van der Waals surface area contributed by atoms with Crippen molar-refractivity contribution in [2.45, 2.75) is 11.3 Å². The minimum absolute atomic E-state index is 0.0125. The lowest BCUT2D eigenvalue weighted by molar-refractivity contribution is 0.582. The zero-order chi connectivity index (χ0) is 12.9. The Morgan fingerprint density at radius 1 is 1.47 bits per heavy atom. The summed E-state index contributed by atoms with van der Waals surface area (Å²) in [6.45, 7) is 0.163. The molecule has 0 radical (unpaired) electrons. The number of sulfonamides is 1. The van der Waals surface area contributed by atoms with Gasteiger partial charge in [-0.15, -0.1) is 12.3 Å². The Hall–Kier alpha value is -1.53. The van der Waals surface area contributed by atoms with Crippen LogP contribution in [-0.2, 0) is 10.0 Å². The van der Waals surface area contributed by atoms with E-state index in [1.165, 1.54) is 18.2 Å². The van der Waals surface area contributed by atoms with Crippen LogP contribution >= 0.6 is 11.6 Å². The lowest BCUT2D eigenvalue weighted by atomic mass is 10.2. The van der Waals surface area contributed by atoms with Gasteiger partial charge >= 0.3 is 0 Å². The van der Waals surface area contributed by atoms with E-state index in [9.17, 15) is 8.42 Å². The molecule has 0 spiro atoms. The predicted molar refractivity (Wildman–Crippen MR) is 64.8 cm³/mol. The molecular weight excluding hydrogens is 260 g/mol. The third-order valence-electron chi connectivity index (χ3n) is 1.93. The third-order valence-corrected chi connectivity index (χ3v) is 3.70. The maximum absolute atomic E-state index is 11.7. The molecule has 4 nitrogen and oxygen atoms in total. The monoisotopic (exact) mass is 268 g/mol. The standard InChI is InChI=1S/C11H9ClN2O2S/c1-2-3-6-14-17(15,16)10-5-4-9(8-13)11(12)7-10/h1,4-5,7,14H,3,6H2. The first-order valence-electron chi connectivity index (χ1n) is 4.64. The molecule has 6 heteroatoms. The van der Waals surface area contributed by atoms with E-state index in [-0.39, 0.29) is 22.0 Å². The number of halogens is 1. The summed E-state index contributed by atoms with van der Waals surface area (Å²) < 4.78 is 25.8. The van der Waals surface area contributed by atoms with Gasteiger partial charge in [-0.1, -0.05) is 11.6 Å². The van der Waals surface area contributed by atoms with Gasteiger partial charge in [0.05, 0.1) is 15.5 Å². The maximum atomic E-state index is 11.7. The van der Waals surface area contributed by atoms with Crippen LogP contribution in [0.2, 0.25) is 5.02 Å². The van der Waals surface area contributed by atoms with E-state index >= 15 is 0 Å². The van der Waals surface area contributed by atoms with Crippen molar-refractivity contribution in [2.24, 2.45) is 0 Å². The summed E-state index contributed by atoms with van der Waals surface area (Å²) in [5, 5.41) is 8.77. The second-order valence-corrected chi connectivity index (χ2v) is 5.28. The number of nitriles is 1. The molecule has 0 fully saturated rings. The number of terminal acetylenes is 1. The lowest BCUT2D eigenvalue weighted by Gasteiger charge is -2.05. The molecule has 88 valence electrons. The molecule has 0 heterocycles. The van der Waals surface area contributed by atoms with Crippen molar-refractivity contribution >= 4 is 21.6 Å². The number of benzene rings is 1. The average molecular weight is 269 g/mol. The number of hydrogen-bond donors (Lipinski definition) is 1. The van der Waals surface area contributed by atoms with E-state index in [4.69, 9.17) is 23.3 Å². The molecule has 0 bridgehead atoms. The fourth-order valence-electron chi connectivity index (χ4n) is 1.09. The van der Waals surface area contributed by atoms with Crippen molar-refractivity contribution in [3.8, 4) is 18.4 Å². The van der Waals surface area contributed by atoms with E-state index < -0.39 is 10.0 Å². The predicted octanol–water partition coefficient (Wildman–Crippen LogP) is 1.51. The molecule has 0 aliphatic rings. The molecule has 0 saturated heterocycles. The number of nitrogens with one attached hydrogen (secondary N) is 1. The Bertz CT molecular complexity index is 597. The van der Waals surface area contributed by atoms with Crippen molar-refractivity contribution in [1.82, 2.24) is 4.72 Å². The summed E-state index contributed by atoms with van der Waals surface area (Å²) in [4.78, 5) is 0.0125. The Morgan fingerprint density at radius 2 is 2.18 bits per heavy atom. The van der Waals surface area contributed by atoms with Gasteiger partial charge in [0.15, 0.2) is 0 Å². The van der Waals surface area contributed by atoms with E-state index in [0.717, 1.165) is 0 Å². The molecule has 1 N–H and O–H groups in total. The topological polar surface area (TPSA) is 70.0 Å². The Kier molecular flexibility index (Phi) is 4.53. The summed E-state index contributed by atoms with van der Waals surface area (Å²) in [6, 6.07) is 5.77. The summed E-state index contributed by atoms with van der Waals surface area (Å²) >= 11 is 5.75. The molecule has 0 atom stereocenters. The fourth-order valence-corrected chi connectivity index (χ4v) is 2.44. The van der Waals surface area contributed by atoms with Crippen LogP contribution in [0.3, 0.4) is 0 Å². The van der Waals surface area contributed by atoms with Crippen molar-refractivity contribution < 1.29 is 8.42 Å². The molecule has 17 heavy (non-hydrogen) atoms. The molecule has 1 aromatic carbocycles. The van der Waals surface area contributed by atoms with E-state index in [0.29, 0.717) is 6.42 Å². The van der Waals surface area contributed by atoms with Crippen molar-refractivity contribution in [1.29, 1.82) is 5.26 Å². The fraction of sp³-hybridized carbons (Fsp3) is 0.182. The molecule has 0 amide bonds. The summed E-state index contributed by atoms with van der Waals surface area (Å²) in [5.41, 5.74) is 0.231. The third kappa shape index (κ3) is 3.47. The average Bonchev–Trinajstić information content (AvgIpc) is 2.29. The summed E-state index contributed by atoms with van der Waals surface area (Å²) in [6.07, 6.45) is 5.33. The van der Waals surface area contributed by atoms with Crippen LogP contribution < -0.4 is 4.72 Å². The van der Waals surface area contributed by atoms with Gasteiger partial charge in [-0.25, -0.2) is 13.1 Å². The van der Waals surface area contributed by atoms with Crippen molar-refractivity contribution in [3.63, 3.8) is 0 Å². The van der Waals surface area contributed by atoms with Crippen LogP contribution in [0.5, 0.6) is 0 Å². The molecule has 0 aliphatic heterocycles. The Morgan fingerprint density at radius 3 is 2.71 bits per heavy atom.